The standard InChI is InChI=1S/C17H24F3N3O/c1-3-22(4-2)16(24)21-14-12-13(17(18,19)20)8-9-15(14)23-10-6-5-7-11-23/h8-9,12H,3-7,10-11H2,1-2H3,(H,21,24). The highest BCUT2D eigenvalue weighted by molar-refractivity contribution is 5.93. The van der Waals surface area contributed by atoms with Gasteiger partial charge in [-0.05, 0) is 51.3 Å². The third kappa shape index (κ3) is 4.33. The Hall–Kier alpha value is -1.92. The summed E-state index contributed by atoms with van der Waals surface area (Å²) in [4.78, 5) is 15.9. The average Bonchev–Trinajstić information content (AvgIpc) is 2.56. The topological polar surface area (TPSA) is 35.6 Å². The van der Waals surface area contributed by atoms with E-state index >= 15 is 0 Å². The first-order valence-corrected chi connectivity index (χ1v) is 8.39. The summed E-state index contributed by atoms with van der Waals surface area (Å²) in [6.07, 6.45) is -1.30. The molecule has 134 valence electrons. The van der Waals surface area contributed by atoms with Gasteiger partial charge in [0.2, 0.25) is 0 Å². The Morgan fingerprint density at radius 1 is 1.17 bits per heavy atom. The molecule has 0 bridgehead atoms. The van der Waals surface area contributed by atoms with Crippen molar-refractivity contribution in [3.05, 3.63) is 23.8 Å². The number of halogens is 3. The van der Waals surface area contributed by atoms with Crippen LogP contribution < -0.4 is 10.2 Å². The first-order valence-electron chi connectivity index (χ1n) is 8.39. The molecule has 4 nitrogen and oxygen atoms in total. The Bertz CT molecular complexity index is 565. The third-order valence-corrected chi connectivity index (χ3v) is 4.31. The van der Waals surface area contributed by atoms with Crippen LogP contribution >= 0.6 is 0 Å². The van der Waals surface area contributed by atoms with Crippen molar-refractivity contribution in [2.45, 2.75) is 39.3 Å². The SMILES string of the molecule is CCN(CC)C(=O)Nc1cc(C(F)(F)F)ccc1N1CCCCC1. The molecule has 1 aliphatic rings. The van der Waals surface area contributed by atoms with Crippen LogP contribution in [-0.2, 0) is 6.18 Å². The molecular weight excluding hydrogens is 319 g/mol. The minimum Gasteiger partial charge on any atom is -0.370 e. The van der Waals surface area contributed by atoms with Gasteiger partial charge >= 0.3 is 12.2 Å². The number of piperidine rings is 1. The van der Waals surface area contributed by atoms with E-state index in [1.807, 2.05) is 18.7 Å². The van der Waals surface area contributed by atoms with E-state index in [9.17, 15) is 18.0 Å². The molecule has 2 rings (SSSR count). The maximum atomic E-state index is 13.0. The second kappa shape index (κ2) is 7.77. The molecule has 1 aliphatic heterocycles. The minimum absolute atomic E-state index is 0.226. The molecule has 1 N–H and O–H groups in total. The van der Waals surface area contributed by atoms with E-state index in [1.54, 1.807) is 4.90 Å². The van der Waals surface area contributed by atoms with Crippen LogP contribution in [0.25, 0.3) is 0 Å². The summed E-state index contributed by atoms with van der Waals surface area (Å²) >= 11 is 0. The first kappa shape index (κ1) is 18.4. The number of carbonyl (C=O) groups excluding carboxylic acids is 1. The summed E-state index contributed by atoms with van der Waals surface area (Å²) in [5, 5.41) is 2.67. The summed E-state index contributed by atoms with van der Waals surface area (Å²) in [6.45, 7) is 6.25. The first-order chi connectivity index (χ1) is 11.4. The lowest BCUT2D eigenvalue weighted by molar-refractivity contribution is -0.137. The summed E-state index contributed by atoms with van der Waals surface area (Å²) in [7, 11) is 0. The van der Waals surface area contributed by atoms with Gasteiger partial charge < -0.3 is 15.1 Å². The van der Waals surface area contributed by atoms with Crippen molar-refractivity contribution < 1.29 is 18.0 Å². The van der Waals surface area contributed by atoms with E-state index in [-0.39, 0.29) is 11.7 Å². The van der Waals surface area contributed by atoms with E-state index in [0.29, 0.717) is 18.8 Å². The van der Waals surface area contributed by atoms with E-state index < -0.39 is 11.7 Å². The monoisotopic (exact) mass is 343 g/mol. The lowest BCUT2D eigenvalue weighted by Crippen LogP contribution is -2.36. The fourth-order valence-corrected chi connectivity index (χ4v) is 2.93. The molecule has 0 aliphatic carbocycles. The highest BCUT2D eigenvalue weighted by Crippen LogP contribution is 2.36. The fourth-order valence-electron chi connectivity index (χ4n) is 2.93. The number of amides is 2. The molecule has 0 spiro atoms. The maximum Gasteiger partial charge on any atom is 0.416 e. The molecule has 0 aromatic heterocycles. The quantitative estimate of drug-likeness (QED) is 0.869. The van der Waals surface area contributed by atoms with Gasteiger partial charge in [0.15, 0.2) is 0 Å². The van der Waals surface area contributed by atoms with E-state index in [0.717, 1.165) is 44.5 Å². The van der Waals surface area contributed by atoms with Crippen molar-refractivity contribution in [2.24, 2.45) is 0 Å². The highest BCUT2D eigenvalue weighted by Gasteiger charge is 2.32. The van der Waals surface area contributed by atoms with Gasteiger partial charge in [-0.3, -0.25) is 0 Å². The number of anilines is 2. The number of urea groups is 1. The van der Waals surface area contributed by atoms with Gasteiger partial charge in [-0.25, -0.2) is 4.79 Å². The molecule has 1 aromatic carbocycles. The van der Waals surface area contributed by atoms with Crippen LogP contribution in [0, 0.1) is 0 Å². The molecule has 1 fully saturated rings. The van der Waals surface area contributed by atoms with E-state index in [2.05, 4.69) is 5.32 Å². The third-order valence-electron chi connectivity index (χ3n) is 4.31. The number of benzene rings is 1. The Morgan fingerprint density at radius 3 is 2.33 bits per heavy atom. The molecular formula is C17H24F3N3O. The van der Waals surface area contributed by atoms with Gasteiger partial charge in [-0.15, -0.1) is 0 Å². The Balaban J connectivity index is 2.34. The van der Waals surface area contributed by atoms with Gasteiger partial charge in [0.1, 0.15) is 0 Å². The van der Waals surface area contributed by atoms with Crippen molar-refractivity contribution in [3.8, 4) is 0 Å². The molecule has 1 aromatic rings. The number of hydrogen-bond donors (Lipinski definition) is 1. The van der Waals surface area contributed by atoms with E-state index in [1.165, 1.54) is 6.07 Å². The lowest BCUT2D eigenvalue weighted by atomic mass is 10.1. The second-order valence-electron chi connectivity index (χ2n) is 5.88. The van der Waals surface area contributed by atoms with E-state index in [4.69, 9.17) is 0 Å². The molecule has 1 heterocycles. The second-order valence-corrected chi connectivity index (χ2v) is 5.88. The Morgan fingerprint density at radius 2 is 1.79 bits per heavy atom. The number of carbonyl (C=O) groups is 1. The van der Waals surface area contributed by atoms with Gasteiger partial charge in [-0.2, -0.15) is 13.2 Å². The Kier molecular flexibility index (Phi) is 5.96. The highest BCUT2D eigenvalue weighted by atomic mass is 19.4. The van der Waals surface area contributed by atoms with Crippen LogP contribution in [0.5, 0.6) is 0 Å². The number of nitrogens with one attached hydrogen (secondary N) is 1. The molecule has 24 heavy (non-hydrogen) atoms. The Labute approximate surface area is 140 Å². The van der Waals surface area contributed by atoms with Crippen molar-refractivity contribution in [3.63, 3.8) is 0 Å². The molecule has 0 radical (unpaired) electrons. The summed E-state index contributed by atoms with van der Waals surface area (Å²) in [6, 6.07) is 3.20. The predicted octanol–water partition coefficient (Wildman–Crippen LogP) is 4.57. The van der Waals surface area contributed by atoms with Crippen LogP contribution in [0.4, 0.5) is 29.3 Å². The summed E-state index contributed by atoms with van der Waals surface area (Å²) in [5.41, 5.74) is 0.130. The zero-order valence-corrected chi connectivity index (χ0v) is 14.1. The average molecular weight is 343 g/mol. The lowest BCUT2D eigenvalue weighted by Gasteiger charge is -2.31. The number of nitrogens with zero attached hydrogens (tertiary/aromatic N) is 2. The molecule has 1 saturated heterocycles. The summed E-state index contributed by atoms with van der Waals surface area (Å²) in [5.74, 6) is 0. The van der Waals surface area contributed by atoms with Gasteiger partial charge in [0.25, 0.3) is 0 Å². The van der Waals surface area contributed by atoms with Crippen LogP contribution in [0.3, 0.4) is 0 Å². The van der Waals surface area contributed by atoms with Crippen molar-refractivity contribution in [2.75, 3.05) is 36.4 Å². The predicted molar refractivity (Wildman–Crippen MR) is 89.4 cm³/mol. The molecule has 0 atom stereocenters. The van der Waals surface area contributed by atoms with Crippen molar-refractivity contribution in [1.82, 2.24) is 4.90 Å². The number of alkyl halides is 3. The van der Waals surface area contributed by atoms with Gasteiger partial charge in [0, 0.05) is 26.2 Å². The fraction of sp³-hybridized carbons (Fsp3) is 0.588. The smallest absolute Gasteiger partial charge is 0.370 e. The number of hydrogen-bond acceptors (Lipinski definition) is 2. The van der Waals surface area contributed by atoms with Crippen molar-refractivity contribution >= 4 is 17.4 Å². The molecule has 7 heteroatoms. The zero-order chi connectivity index (χ0) is 17.7. The van der Waals surface area contributed by atoms with Crippen molar-refractivity contribution in [1.29, 1.82) is 0 Å². The van der Waals surface area contributed by atoms with Gasteiger partial charge in [0.05, 0.1) is 16.9 Å². The van der Waals surface area contributed by atoms with Crippen LogP contribution in [0.2, 0.25) is 0 Å². The zero-order valence-electron chi connectivity index (χ0n) is 14.1. The largest absolute Gasteiger partial charge is 0.416 e. The van der Waals surface area contributed by atoms with Gasteiger partial charge in [-0.1, -0.05) is 0 Å². The normalized spacial score (nSPS) is 15.3. The number of rotatable bonds is 4. The maximum absolute atomic E-state index is 13.0. The van der Waals surface area contributed by atoms with Crippen LogP contribution in [0.1, 0.15) is 38.7 Å². The minimum atomic E-state index is -4.44. The van der Waals surface area contributed by atoms with Crippen LogP contribution in [0.15, 0.2) is 18.2 Å². The molecule has 0 unspecified atom stereocenters. The summed E-state index contributed by atoms with van der Waals surface area (Å²) < 4.78 is 39.1. The molecule has 0 saturated carbocycles. The van der Waals surface area contributed by atoms with Crippen LogP contribution in [-0.4, -0.2) is 37.1 Å². The molecule has 2 amide bonds.